The van der Waals surface area contributed by atoms with Gasteiger partial charge in [0.2, 0.25) is 0 Å². The summed E-state index contributed by atoms with van der Waals surface area (Å²) in [5.74, 6) is 0.303. The van der Waals surface area contributed by atoms with Gasteiger partial charge in [-0.05, 0) is 43.4 Å². The zero-order valence-electron chi connectivity index (χ0n) is 12.1. The maximum atomic E-state index is 13.6. The third-order valence-electron chi connectivity index (χ3n) is 4.40. The topological polar surface area (TPSA) is 12.0 Å². The van der Waals surface area contributed by atoms with Crippen molar-refractivity contribution in [3.8, 4) is 0 Å². The summed E-state index contributed by atoms with van der Waals surface area (Å²) in [5, 5.41) is 4.24. The van der Waals surface area contributed by atoms with E-state index in [1.54, 1.807) is 0 Å². The molecule has 3 unspecified atom stereocenters. The van der Waals surface area contributed by atoms with E-state index in [-0.39, 0.29) is 11.1 Å². The van der Waals surface area contributed by atoms with Gasteiger partial charge in [-0.25, -0.2) is 4.39 Å². The van der Waals surface area contributed by atoms with Crippen molar-refractivity contribution >= 4 is 23.2 Å². The van der Waals surface area contributed by atoms with E-state index >= 15 is 0 Å². The fraction of sp³-hybridized carbons (Fsp3) is 0.625. The maximum absolute atomic E-state index is 13.6. The first-order valence-electron chi connectivity index (χ1n) is 7.43. The lowest BCUT2D eigenvalue weighted by Gasteiger charge is -2.34. The van der Waals surface area contributed by atoms with Gasteiger partial charge >= 0.3 is 0 Å². The van der Waals surface area contributed by atoms with Crippen LogP contribution in [0.2, 0.25) is 10.0 Å². The Morgan fingerprint density at radius 3 is 2.65 bits per heavy atom. The SMILES string of the molecule is CCC1CCCCC1NC(C)c1cc(F)c(Cl)cc1Cl. The van der Waals surface area contributed by atoms with Crippen molar-refractivity contribution in [3.05, 3.63) is 33.6 Å². The van der Waals surface area contributed by atoms with Crippen LogP contribution in [0.15, 0.2) is 12.1 Å². The zero-order chi connectivity index (χ0) is 14.7. The number of rotatable bonds is 4. The van der Waals surface area contributed by atoms with Crippen LogP contribution in [0.25, 0.3) is 0 Å². The van der Waals surface area contributed by atoms with E-state index in [4.69, 9.17) is 23.2 Å². The molecule has 0 aliphatic heterocycles. The molecule has 0 aromatic heterocycles. The van der Waals surface area contributed by atoms with E-state index < -0.39 is 5.82 Å². The number of hydrogen-bond donors (Lipinski definition) is 1. The van der Waals surface area contributed by atoms with Crippen molar-refractivity contribution in [2.45, 2.75) is 58.0 Å². The Morgan fingerprint density at radius 1 is 1.25 bits per heavy atom. The van der Waals surface area contributed by atoms with Gasteiger partial charge in [-0.2, -0.15) is 0 Å². The van der Waals surface area contributed by atoms with E-state index in [0.717, 1.165) is 5.56 Å². The molecule has 3 atom stereocenters. The molecule has 20 heavy (non-hydrogen) atoms. The number of halogens is 3. The molecule has 1 nitrogen and oxygen atoms in total. The average molecular weight is 318 g/mol. The Labute approximate surface area is 130 Å². The number of hydrogen-bond acceptors (Lipinski definition) is 1. The highest BCUT2D eigenvalue weighted by molar-refractivity contribution is 6.35. The monoisotopic (exact) mass is 317 g/mol. The van der Waals surface area contributed by atoms with Crippen molar-refractivity contribution in [2.75, 3.05) is 0 Å². The average Bonchev–Trinajstić information content (AvgIpc) is 2.43. The second kappa shape index (κ2) is 7.11. The molecule has 1 aromatic carbocycles. The summed E-state index contributed by atoms with van der Waals surface area (Å²) in [5.41, 5.74) is 0.786. The van der Waals surface area contributed by atoms with E-state index in [0.29, 0.717) is 17.0 Å². The molecule has 1 aromatic rings. The highest BCUT2D eigenvalue weighted by atomic mass is 35.5. The van der Waals surface area contributed by atoms with E-state index in [2.05, 4.69) is 12.2 Å². The highest BCUT2D eigenvalue weighted by Gasteiger charge is 2.25. The summed E-state index contributed by atoms with van der Waals surface area (Å²) in [4.78, 5) is 0. The lowest BCUT2D eigenvalue weighted by molar-refractivity contribution is 0.240. The van der Waals surface area contributed by atoms with Crippen LogP contribution in [0.3, 0.4) is 0 Å². The Morgan fingerprint density at radius 2 is 1.95 bits per heavy atom. The maximum Gasteiger partial charge on any atom is 0.142 e. The molecular weight excluding hydrogens is 296 g/mol. The molecule has 0 radical (unpaired) electrons. The molecule has 0 spiro atoms. The minimum atomic E-state index is -0.407. The van der Waals surface area contributed by atoms with Gasteiger partial charge in [0.1, 0.15) is 5.82 Å². The molecule has 0 bridgehead atoms. The first kappa shape index (κ1) is 16.1. The first-order chi connectivity index (χ1) is 9.52. The summed E-state index contributed by atoms with van der Waals surface area (Å²) < 4.78 is 13.6. The van der Waals surface area contributed by atoms with Gasteiger partial charge in [0.25, 0.3) is 0 Å². The van der Waals surface area contributed by atoms with Crippen LogP contribution in [-0.2, 0) is 0 Å². The summed E-state index contributed by atoms with van der Waals surface area (Å²) in [6.07, 6.45) is 6.25. The van der Waals surface area contributed by atoms with Gasteiger partial charge in [-0.3, -0.25) is 0 Å². The minimum Gasteiger partial charge on any atom is -0.307 e. The Bertz CT molecular complexity index is 464. The van der Waals surface area contributed by atoms with Gasteiger partial charge in [0.05, 0.1) is 5.02 Å². The molecule has 4 heteroatoms. The molecular formula is C16H22Cl2FN. The quantitative estimate of drug-likeness (QED) is 0.697. The van der Waals surface area contributed by atoms with Crippen molar-refractivity contribution in [1.82, 2.24) is 5.32 Å². The van der Waals surface area contributed by atoms with Crippen LogP contribution in [0.4, 0.5) is 4.39 Å². The summed E-state index contributed by atoms with van der Waals surface area (Å²) in [6.45, 7) is 4.28. The predicted molar refractivity (Wildman–Crippen MR) is 84.0 cm³/mol. The molecule has 0 amide bonds. The highest BCUT2D eigenvalue weighted by Crippen LogP contribution is 2.32. The summed E-state index contributed by atoms with van der Waals surface area (Å²) >= 11 is 11.9. The van der Waals surface area contributed by atoms with Crippen molar-refractivity contribution in [3.63, 3.8) is 0 Å². The zero-order valence-corrected chi connectivity index (χ0v) is 13.6. The van der Waals surface area contributed by atoms with E-state index in [1.165, 1.54) is 44.2 Å². The first-order valence-corrected chi connectivity index (χ1v) is 8.19. The Kier molecular flexibility index (Phi) is 5.71. The Hall–Kier alpha value is -0.310. The Balaban J connectivity index is 2.11. The fourth-order valence-electron chi connectivity index (χ4n) is 3.20. The van der Waals surface area contributed by atoms with E-state index in [9.17, 15) is 4.39 Å². The standard InChI is InChI=1S/C16H22Cl2FN/c1-3-11-6-4-5-7-16(11)20-10(2)12-8-15(19)14(18)9-13(12)17/h8-11,16,20H,3-7H2,1-2H3. The fourth-order valence-corrected chi connectivity index (χ4v) is 3.74. The third-order valence-corrected chi connectivity index (χ3v) is 5.02. The molecule has 1 saturated carbocycles. The molecule has 1 N–H and O–H groups in total. The van der Waals surface area contributed by atoms with Crippen LogP contribution in [0, 0.1) is 11.7 Å². The molecule has 0 heterocycles. The van der Waals surface area contributed by atoms with Crippen molar-refractivity contribution < 1.29 is 4.39 Å². The van der Waals surface area contributed by atoms with Gasteiger partial charge < -0.3 is 5.32 Å². The largest absolute Gasteiger partial charge is 0.307 e. The normalized spacial score (nSPS) is 24.6. The molecule has 112 valence electrons. The lowest BCUT2D eigenvalue weighted by Crippen LogP contribution is -2.39. The molecule has 1 aliphatic rings. The van der Waals surface area contributed by atoms with Crippen LogP contribution in [-0.4, -0.2) is 6.04 Å². The molecule has 2 rings (SSSR count). The van der Waals surface area contributed by atoms with Gasteiger partial charge in [-0.15, -0.1) is 0 Å². The van der Waals surface area contributed by atoms with Gasteiger partial charge in [0, 0.05) is 17.1 Å². The predicted octanol–water partition coefficient (Wildman–Crippen LogP) is 5.75. The number of benzene rings is 1. The van der Waals surface area contributed by atoms with Crippen LogP contribution in [0.5, 0.6) is 0 Å². The third kappa shape index (κ3) is 3.66. The number of nitrogens with one attached hydrogen (secondary N) is 1. The smallest absolute Gasteiger partial charge is 0.142 e. The molecule has 1 aliphatic carbocycles. The van der Waals surface area contributed by atoms with Gasteiger partial charge in [-0.1, -0.05) is 49.4 Å². The molecule has 0 saturated heterocycles. The second-order valence-electron chi connectivity index (χ2n) is 5.74. The van der Waals surface area contributed by atoms with Gasteiger partial charge in [0.15, 0.2) is 0 Å². The van der Waals surface area contributed by atoms with E-state index in [1.807, 2.05) is 6.92 Å². The molecule has 1 fully saturated rings. The lowest BCUT2D eigenvalue weighted by atomic mass is 9.82. The minimum absolute atomic E-state index is 0.0337. The van der Waals surface area contributed by atoms with Crippen LogP contribution >= 0.6 is 23.2 Å². The van der Waals surface area contributed by atoms with Crippen LogP contribution in [0.1, 0.15) is 57.6 Å². The van der Waals surface area contributed by atoms with Crippen molar-refractivity contribution in [1.29, 1.82) is 0 Å². The van der Waals surface area contributed by atoms with Crippen LogP contribution < -0.4 is 5.32 Å². The van der Waals surface area contributed by atoms with Crippen molar-refractivity contribution in [2.24, 2.45) is 5.92 Å². The second-order valence-corrected chi connectivity index (χ2v) is 6.55. The summed E-state index contributed by atoms with van der Waals surface area (Å²) in [6, 6.07) is 3.47. The summed E-state index contributed by atoms with van der Waals surface area (Å²) in [7, 11) is 0.